The molecule has 7 rings (SSSR count). The Bertz CT molecular complexity index is 1230. The summed E-state index contributed by atoms with van der Waals surface area (Å²) in [5.41, 5.74) is 3.79. The van der Waals surface area contributed by atoms with Gasteiger partial charge < -0.3 is 20.3 Å². The summed E-state index contributed by atoms with van der Waals surface area (Å²) in [5.74, 6) is 0.831. The van der Waals surface area contributed by atoms with E-state index in [1.54, 1.807) is 29.8 Å². The third-order valence-electron chi connectivity index (χ3n) is 7.15. The Morgan fingerprint density at radius 3 is 2.65 bits per heavy atom. The molecule has 2 atom stereocenters. The molecule has 2 unspecified atom stereocenters. The normalized spacial score (nSPS) is 24.2. The number of fused-ring (bicyclic) bond motifs is 3. The fraction of sp³-hybridized carbons (Fsp3) is 0.409. The predicted octanol–water partition coefficient (Wildman–Crippen LogP) is 3.50. The van der Waals surface area contributed by atoms with Gasteiger partial charge in [-0.05, 0) is 43.4 Å². The van der Waals surface area contributed by atoms with Crippen molar-refractivity contribution in [2.24, 2.45) is 5.41 Å². The fourth-order valence-corrected chi connectivity index (χ4v) is 6.69. The van der Waals surface area contributed by atoms with Gasteiger partial charge >= 0.3 is 0 Å². The second kappa shape index (κ2) is 6.30. The van der Waals surface area contributed by atoms with E-state index in [2.05, 4.69) is 25.4 Å². The van der Waals surface area contributed by atoms with Gasteiger partial charge in [-0.2, -0.15) is 5.10 Å². The number of nitrogens with one attached hydrogen (secondary N) is 3. The maximum Gasteiger partial charge on any atom is 0.189 e. The fourth-order valence-electron chi connectivity index (χ4n) is 5.79. The lowest BCUT2D eigenvalue weighted by Crippen LogP contribution is -2.62. The lowest BCUT2D eigenvalue weighted by Gasteiger charge is -2.54. The van der Waals surface area contributed by atoms with Crippen LogP contribution in [0.4, 0.5) is 5.13 Å². The van der Waals surface area contributed by atoms with Crippen molar-refractivity contribution >= 4 is 26.9 Å². The maximum absolute atomic E-state index is 10.6. The zero-order valence-corrected chi connectivity index (χ0v) is 17.7. The van der Waals surface area contributed by atoms with E-state index >= 15 is 0 Å². The molecular formula is C22H23N7OS. The van der Waals surface area contributed by atoms with Crippen LogP contribution in [0.15, 0.2) is 30.6 Å². The van der Waals surface area contributed by atoms with E-state index in [0.717, 1.165) is 51.9 Å². The summed E-state index contributed by atoms with van der Waals surface area (Å²) in [4.78, 5) is 16.1. The van der Waals surface area contributed by atoms with E-state index in [4.69, 9.17) is 9.97 Å². The van der Waals surface area contributed by atoms with Gasteiger partial charge in [0.2, 0.25) is 0 Å². The van der Waals surface area contributed by atoms with Crippen LogP contribution in [0.5, 0.6) is 5.75 Å². The summed E-state index contributed by atoms with van der Waals surface area (Å²) in [6.07, 6.45) is 8.83. The largest absolute Gasteiger partial charge is 0.507 e. The minimum Gasteiger partial charge on any atom is -0.507 e. The molecule has 8 nitrogen and oxygen atoms in total. The number of benzene rings is 1. The highest BCUT2D eigenvalue weighted by Crippen LogP contribution is 2.48. The predicted molar refractivity (Wildman–Crippen MR) is 120 cm³/mol. The first-order valence-corrected chi connectivity index (χ1v) is 11.7. The van der Waals surface area contributed by atoms with E-state index in [9.17, 15) is 5.11 Å². The molecule has 1 aromatic carbocycles. The molecule has 3 aliphatic rings. The van der Waals surface area contributed by atoms with E-state index in [-0.39, 0.29) is 5.75 Å². The Labute approximate surface area is 182 Å². The quantitative estimate of drug-likeness (QED) is 0.394. The molecule has 3 fully saturated rings. The van der Waals surface area contributed by atoms with Crippen LogP contribution in [0.25, 0.3) is 33.0 Å². The van der Waals surface area contributed by atoms with Gasteiger partial charge in [0.1, 0.15) is 11.6 Å². The Balaban J connectivity index is 1.11. The number of H-pyrrole nitrogens is 2. The number of nitrogens with zero attached hydrogens (tertiary/aromatic N) is 4. The van der Waals surface area contributed by atoms with E-state index in [1.807, 2.05) is 12.1 Å². The first-order valence-electron chi connectivity index (χ1n) is 10.8. The zero-order chi connectivity index (χ0) is 20.6. The number of thiazole rings is 1. The molecule has 0 aliphatic carbocycles. The SMILES string of the molecule is Oc1cc(-c2cn[nH]c2)ccc1-c1nc2sc(N3CC4(CC5CCC(C4)N5)C3)nc2[nH]1. The number of hydrogen-bond donors (Lipinski definition) is 4. The van der Waals surface area contributed by atoms with Crippen LogP contribution in [-0.2, 0) is 0 Å². The van der Waals surface area contributed by atoms with Gasteiger partial charge in [-0.1, -0.05) is 17.4 Å². The molecule has 9 heteroatoms. The number of anilines is 1. The number of rotatable bonds is 3. The monoisotopic (exact) mass is 433 g/mol. The van der Waals surface area contributed by atoms with Crippen LogP contribution in [0.3, 0.4) is 0 Å². The van der Waals surface area contributed by atoms with E-state index < -0.39 is 0 Å². The number of phenolic OH excluding ortho intramolecular Hbond substituents is 1. The molecule has 3 aromatic heterocycles. The number of piperidine rings is 1. The standard InChI is InChI=1S/C22H23N7OS/c30-17-5-12(13-8-23-24-9-13)1-4-16(17)18-26-19-20(27-18)31-21(28-19)29-10-22(11-29)6-14-2-3-15(7-22)25-14/h1,4-5,8-9,14-15,25,30H,2-3,6-7,10-11H2,(H,23,24)(H,26,27). The summed E-state index contributed by atoms with van der Waals surface area (Å²) >= 11 is 1.63. The summed E-state index contributed by atoms with van der Waals surface area (Å²) in [6, 6.07) is 7.03. The van der Waals surface area contributed by atoms with Gasteiger partial charge in [0, 0.05) is 42.3 Å². The molecule has 0 radical (unpaired) electrons. The Hall–Kier alpha value is -2.91. The smallest absolute Gasteiger partial charge is 0.189 e. The molecule has 4 N–H and O–H groups in total. The third kappa shape index (κ3) is 2.80. The van der Waals surface area contributed by atoms with Crippen LogP contribution in [0, 0.1) is 5.41 Å². The summed E-state index contributed by atoms with van der Waals surface area (Å²) < 4.78 is 0. The van der Waals surface area contributed by atoms with Crippen molar-refractivity contribution in [1.29, 1.82) is 0 Å². The summed E-state index contributed by atoms with van der Waals surface area (Å²) in [5, 5.41) is 22.1. The molecular weight excluding hydrogens is 410 g/mol. The molecule has 0 saturated carbocycles. The van der Waals surface area contributed by atoms with Gasteiger partial charge in [0.25, 0.3) is 0 Å². The topological polar surface area (TPSA) is 106 Å². The molecule has 6 heterocycles. The molecule has 1 spiro atoms. The first kappa shape index (κ1) is 17.7. The van der Waals surface area contributed by atoms with Gasteiger partial charge in [0.15, 0.2) is 15.6 Å². The Kier molecular flexibility index (Phi) is 3.61. The van der Waals surface area contributed by atoms with E-state index in [0.29, 0.717) is 16.8 Å². The molecule has 3 aliphatic heterocycles. The lowest BCUT2D eigenvalue weighted by atomic mass is 9.70. The minimum absolute atomic E-state index is 0.186. The van der Waals surface area contributed by atoms with Crippen molar-refractivity contribution in [3.8, 4) is 28.3 Å². The summed E-state index contributed by atoms with van der Waals surface area (Å²) in [7, 11) is 0. The van der Waals surface area contributed by atoms with E-state index in [1.165, 1.54) is 25.7 Å². The van der Waals surface area contributed by atoms with Crippen molar-refractivity contribution in [1.82, 2.24) is 30.5 Å². The molecule has 3 saturated heterocycles. The maximum atomic E-state index is 10.6. The van der Waals surface area contributed by atoms with Crippen molar-refractivity contribution in [2.75, 3.05) is 18.0 Å². The number of aromatic hydroxyl groups is 1. The Morgan fingerprint density at radius 2 is 1.94 bits per heavy atom. The first-order chi connectivity index (χ1) is 15.1. The number of imidazole rings is 1. The molecule has 158 valence electrons. The molecule has 31 heavy (non-hydrogen) atoms. The van der Waals surface area contributed by atoms with Gasteiger partial charge in [-0.25, -0.2) is 9.97 Å². The minimum atomic E-state index is 0.186. The highest BCUT2D eigenvalue weighted by atomic mass is 32.1. The van der Waals surface area contributed by atoms with Gasteiger partial charge in [-0.15, -0.1) is 0 Å². The number of aromatic amines is 2. The highest BCUT2D eigenvalue weighted by molar-refractivity contribution is 7.21. The van der Waals surface area contributed by atoms with Crippen LogP contribution in [0.2, 0.25) is 0 Å². The molecule has 2 bridgehead atoms. The zero-order valence-electron chi connectivity index (χ0n) is 16.9. The average Bonchev–Trinajstić information content (AvgIpc) is 3.50. The van der Waals surface area contributed by atoms with Gasteiger partial charge in [-0.3, -0.25) is 5.10 Å². The molecule has 0 amide bonds. The Morgan fingerprint density at radius 1 is 1.10 bits per heavy atom. The van der Waals surface area contributed by atoms with Crippen LogP contribution in [-0.4, -0.2) is 55.4 Å². The van der Waals surface area contributed by atoms with Gasteiger partial charge in [0.05, 0.1) is 11.8 Å². The summed E-state index contributed by atoms with van der Waals surface area (Å²) in [6.45, 7) is 2.22. The third-order valence-corrected chi connectivity index (χ3v) is 8.16. The lowest BCUT2D eigenvalue weighted by molar-refractivity contribution is 0.116. The second-order valence-electron chi connectivity index (χ2n) is 9.36. The molecule has 4 aromatic rings. The van der Waals surface area contributed by atoms with Crippen molar-refractivity contribution in [3.05, 3.63) is 30.6 Å². The van der Waals surface area contributed by atoms with Crippen LogP contribution < -0.4 is 10.2 Å². The van der Waals surface area contributed by atoms with Crippen LogP contribution in [0.1, 0.15) is 25.7 Å². The second-order valence-corrected chi connectivity index (χ2v) is 10.3. The van der Waals surface area contributed by atoms with Crippen LogP contribution >= 0.6 is 11.3 Å². The highest BCUT2D eigenvalue weighted by Gasteiger charge is 2.51. The number of hydrogen-bond acceptors (Lipinski definition) is 7. The average molecular weight is 434 g/mol. The van der Waals surface area contributed by atoms with Crippen molar-refractivity contribution in [3.63, 3.8) is 0 Å². The van der Waals surface area contributed by atoms with Crippen molar-refractivity contribution in [2.45, 2.75) is 37.8 Å². The number of phenols is 1. The van der Waals surface area contributed by atoms with Crippen molar-refractivity contribution < 1.29 is 5.11 Å². The number of aromatic nitrogens is 5.